The average molecular weight is 304 g/mol. The summed E-state index contributed by atoms with van der Waals surface area (Å²) in [4.78, 5) is 11.8. The molecule has 104 valence electrons. The molecule has 0 saturated carbocycles. The number of hydrogen-bond donors (Lipinski definition) is 2. The quantitative estimate of drug-likeness (QED) is 0.892. The normalized spacial score (nSPS) is 22.5. The number of carbonyl (C=O) groups is 1. The zero-order valence-corrected chi connectivity index (χ0v) is 11.8. The monoisotopic (exact) mass is 303 g/mol. The van der Waals surface area contributed by atoms with Crippen LogP contribution in [0.3, 0.4) is 0 Å². The van der Waals surface area contributed by atoms with Crippen molar-refractivity contribution in [2.75, 3.05) is 19.8 Å². The molecular formula is C13H15Cl2NO3. The van der Waals surface area contributed by atoms with Crippen molar-refractivity contribution in [3.63, 3.8) is 0 Å². The van der Waals surface area contributed by atoms with Gasteiger partial charge in [0.2, 0.25) is 5.91 Å². The van der Waals surface area contributed by atoms with Crippen molar-refractivity contribution in [1.29, 1.82) is 0 Å². The lowest BCUT2D eigenvalue weighted by Crippen LogP contribution is -2.43. The first-order valence-corrected chi connectivity index (χ1v) is 6.75. The predicted molar refractivity (Wildman–Crippen MR) is 73.6 cm³/mol. The van der Waals surface area contributed by atoms with Gasteiger partial charge in [-0.05, 0) is 17.7 Å². The Labute approximate surface area is 121 Å². The summed E-state index contributed by atoms with van der Waals surface area (Å²) < 4.78 is 5.11. The van der Waals surface area contributed by atoms with Crippen molar-refractivity contribution in [2.45, 2.75) is 18.4 Å². The highest BCUT2D eigenvalue weighted by Crippen LogP contribution is 2.24. The Hall–Kier alpha value is -0.810. The van der Waals surface area contributed by atoms with E-state index < -0.39 is 5.60 Å². The van der Waals surface area contributed by atoms with Gasteiger partial charge < -0.3 is 15.2 Å². The maximum atomic E-state index is 11.8. The van der Waals surface area contributed by atoms with Gasteiger partial charge in [-0.25, -0.2) is 0 Å². The van der Waals surface area contributed by atoms with Gasteiger partial charge >= 0.3 is 0 Å². The molecule has 4 nitrogen and oxygen atoms in total. The Morgan fingerprint density at radius 2 is 2.11 bits per heavy atom. The molecule has 1 aliphatic heterocycles. The van der Waals surface area contributed by atoms with Crippen molar-refractivity contribution in [2.24, 2.45) is 0 Å². The number of rotatable bonds is 4. The van der Waals surface area contributed by atoms with Gasteiger partial charge in [0.05, 0.1) is 13.0 Å². The summed E-state index contributed by atoms with van der Waals surface area (Å²) in [7, 11) is 0. The van der Waals surface area contributed by atoms with Crippen LogP contribution in [-0.2, 0) is 16.0 Å². The van der Waals surface area contributed by atoms with Crippen LogP contribution in [0.1, 0.15) is 12.0 Å². The van der Waals surface area contributed by atoms with E-state index in [1.165, 1.54) is 0 Å². The second-order valence-corrected chi connectivity index (χ2v) is 5.50. The van der Waals surface area contributed by atoms with E-state index in [1.807, 2.05) is 0 Å². The minimum atomic E-state index is -0.958. The minimum Gasteiger partial charge on any atom is -0.386 e. The molecule has 0 aromatic heterocycles. The lowest BCUT2D eigenvalue weighted by atomic mass is 10.0. The van der Waals surface area contributed by atoms with E-state index in [9.17, 15) is 9.90 Å². The summed E-state index contributed by atoms with van der Waals surface area (Å²) in [5.41, 5.74) is -0.363. The molecule has 1 unspecified atom stereocenters. The number of benzene rings is 1. The molecule has 0 aliphatic carbocycles. The van der Waals surface area contributed by atoms with Gasteiger partial charge in [0.15, 0.2) is 0 Å². The summed E-state index contributed by atoms with van der Waals surface area (Å²) in [6.45, 7) is 0.941. The van der Waals surface area contributed by atoms with Crippen molar-refractivity contribution in [3.05, 3.63) is 33.8 Å². The summed E-state index contributed by atoms with van der Waals surface area (Å²) in [6, 6.07) is 5.10. The summed E-state index contributed by atoms with van der Waals surface area (Å²) >= 11 is 12.0. The van der Waals surface area contributed by atoms with Gasteiger partial charge in [-0.3, -0.25) is 4.79 Å². The zero-order chi connectivity index (χ0) is 13.9. The van der Waals surface area contributed by atoms with E-state index in [0.717, 1.165) is 0 Å². The SMILES string of the molecule is O=C(Cc1c(Cl)cccc1Cl)NCC1(O)CCOC1. The van der Waals surface area contributed by atoms with Crippen LogP contribution in [0.5, 0.6) is 0 Å². The summed E-state index contributed by atoms with van der Waals surface area (Å²) in [5, 5.41) is 13.6. The molecule has 1 aromatic carbocycles. The predicted octanol–water partition coefficient (Wildman–Crippen LogP) is 1.80. The lowest BCUT2D eigenvalue weighted by Gasteiger charge is -2.20. The van der Waals surface area contributed by atoms with E-state index in [0.29, 0.717) is 28.6 Å². The van der Waals surface area contributed by atoms with Crippen molar-refractivity contribution < 1.29 is 14.6 Å². The molecule has 2 N–H and O–H groups in total. The molecule has 1 saturated heterocycles. The van der Waals surface area contributed by atoms with Crippen LogP contribution < -0.4 is 5.32 Å². The summed E-state index contributed by atoms with van der Waals surface area (Å²) in [5.74, 6) is -0.227. The first-order valence-electron chi connectivity index (χ1n) is 6.00. The fourth-order valence-electron chi connectivity index (χ4n) is 1.92. The molecule has 0 radical (unpaired) electrons. The van der Waals surface area contributed by atoms with Gasteiger partial charge in [-0.1, -0.05) is 29.3 Å². The molecule has 0 spiro atoms. The average Bonchev–Trinajstić information content (AvgIpc) is 2.79. The van der Waals surface area contributed by atoms with Crippen molar-refractivity contribution in [1.82, 2.24) is 5.32 Å². The molecule has 6 heteroatoms. The smallest absolute Gasteiger partial charge is 0.224 e. The van der Waals surface area contributed by atoms with Gasteiger partial charge in [0, 0.05) is 29.6 Å². The molecule has 0 bridgehead atoms. The molecular weight excluding hydrogens is 289 g/mol. The van der Waals surface area contributed by atoms with E-state index in [2.05, 4.69) is 5.32 Å². The maximum absolute atomic E-state index is 11.8. The minimum absolute atomic E-state index is 0.0927. The number of hydrogen-bond acceptors (Lipinski definition) is 3. The second-order valence-electron chi connectivity index (χ2n) is 4.68. The van der Waals surface area contributed by atoms with Crippen LogP contribution in [0.25, 0.3) is 0 Å². The van der Waals surface area contributed by atoms with Crippen LogP contribution in [0.2, 0.25) is 10.0 Å². The van der Waals surface area contributed by atoms with Crippen LogP contribution in [0.15, 0.2) is 18.2 Å². The van der Waals surface area contributed by atoms with Gasteiger partial charge in [-0.2, -0.15) is 0 Å². The van der Waals surface area contributed by atoms with E-state index in [4.69, 9.17) is 27.9 Å². The number of amides is 1. The lowest BCUT2D eigenvalue weighted by molar-refractivity contribution is -0.121. The third-order valence-electron chi connectivity index (χ3n) is 3.10. The number of aliphatic hydroxyl groups is 1. The van der Waals surface area contributed by atoms with Crippen LogP contribution in [0, 0.1) is 0 Å². The number of halogens is 2. The van der Waals surface area contributed by atoms with Gasteiger partial charge in [-0.15, -0.1) is 0 Å². The third-order valence-corrected chi connectivity index (χ3v) is 3.80. The van der Waals surface area contributed by atoms with E-state index in [1.54, 1.807) is 18.2 Å². The van der Waals surface area contributed by atoms with Crippen LogP contribution in [0.4, 0.5) is 0 Å². The van der Waals surface area contributed by atoms with Crippen LogP contribution >= 0.6 is 23.2 Å². The topological polar surface area (TPSA) is 58.6 Å². The highest BCUT2D eigenvalue weighted by Gasteiger charge is 2.32. The fourth-order valence-corrected chi connectivity index (χ4v) is 2.45. The fraction of sp³-hybridized carbons (Fsp3) is 0.462. The van der Waals surface area contributed by atoms with E-state index in [-0.39, 0.29) is 25.5 Å². The highest BCUT2D eigenvalue weighted by molar-refractivity contribution is 6.36. The Morgan fingerprint density at radius 3 is 2.68 bits per heavy atom. The number of carbonyl (C=O) groups excluding carboxylic acids is 1. The molecule has 19 heavy (non-hydrogen) atoms. The Bertz CT molecular complexity index is 453. The third kappa shape index (κ3) is 3.83. The highest BCUT2D eigenvalue weighted by atomic mass is 35.5. The Kier molecular flexibility index (Phi) is 4.68. The molecule has 1 heterocycles. The standard InChI is InChI=1S/C13H15Cl2NO3/c14-10-2-1-3-11(15)9(10)6-12(17)16-7-13(18)4-5-19-8-13/h1-3,18H,4-8H2,(H,16,17). The number of nitrogens with one attached hydrogen (secondary N) is 1. The molecule has 1 atom stereocenters. The maximum Gasteiger partial charge on any atom is 0.224 e. The van der Waals surface area contributed by atoms with Crippen molar-refractivity contribution in [3.8, 4) is 0 Å². The largest absolute Gasteiger partial charge is 0.386 e. The second kappa shape index (κ2) is 6.09. The Morgan fingerprint density at radius 1 is 1.42 bits per heavy atom. The molecule has 1 fully saturated rings. The number of ether oxygens (including phenoxy) is 1. The Balaban J connectivity index is 1.91. The van der Waals surface area contributed by atoms with E-state index >= 15 is 0 Å². The zero-order valence-electron chi connectivity index (χ0n) is 10.3. The molecule has 1 aromatic rings. The molecule has 1 aliphatic rings. The first kappa shape index (κ1) is 14.6. The first-order chi connectivity index (χ1) is 9.00. The van der Waals surface area contributed by atoms with Crippen molar-refractivity contribution >= 4 is 29.1 Å². The van der Waals surface area contributed by atoms with Gasteiger partial charge in [0.25, 0.3) is 0 Å². The molecule has 2 rings (SSSR count). The summed E-state index contributed by atoms with van der Waals surface area (Å²) in [6.07, 6.45) is 0.621. The van der Waals surface area contributed by atoms with Crippen LogP contribution in [-0.4, -0.2) is 36.4 Å². The van der Waals surface area contributed by atoms with Gasteiger partial charge in [0.1, 0.15) is 5.60 Å². The molecule has 1 amide bonds.